The molecule has 0 atom stereocenters. The lowest BCUT2D eigenvalue weighted by atomic mass is 10.1. The summed E-state index contributed by atoms with van der Waals surface area (Å²) in [6.45, 7) is 3.56. The first kappa shape index (κ1) is 13.3. The molecule has 0 saturated heterocycles. The Hall–Kier alpha value is -1.72. The highest BCUT2D eigenvalue weighted by Gasteiger charge is 2.19. The molecule has 3 rings (SSSR count). The minimum Gasteiger partial charge on any atom is -0.478 e. The van der Waals surface area contributed by atoms with Gasteiger partial charge < -0.3 is 5.11 Å². The molecule has 1 aliphatic heterocycles. The molecule has 2 aromatic carbocycles. The number of carboxylic acid groups (broad SMARTS) is 1. The molecule has 0 bridgehead atoms. The minimum atomic E-state index is -1.03. The lowest BCUT2D eigenvalue weighted by Gasteiger charge is -2.19. The van der Waals surface area contributed by atoms with Crippen LogP contribution in [0.2, 0.25) is 0 Å². The van der Waals surface area contributed by atoms with Crippen molar-refractivity contribution in [2.75, 3.05) is 0 Å². The van der Waals surface area contributed by atoms with E-state index in [1.54, 1.807) is 12.1 Å². The quantitative estimate of drug-likeness (QED) is 0.705. The Morgan fingerprint density at radius 2 is 1.60 bits per heavy atom. The second-order valence-electron chi connectivity index (χ2n) is 4.24. The van der Waals surface area contributed by atoms with E-state index in [4.69, 9.17) is 5.11 Å². The number of benzene rings is 2. The van der Waals surface area contributed by atoms with Gasteiger partial charge in [0, 0.05) is 19.6 Å². The Labute approximate surface area is 123 Å². The van der Waals surface area contributed by atoms with Gasteiger partial charge in [-0.25, -0.2) is 9.18 Å². The zero-order valence-electron chi connectivity index (χ0n) is 10.2. The summed E-state index contributed by atoms with van der Waals surface area (Å²) in [6.07, 6.45) is 0. The van der Waals surface area contributed by atoms with Crippen LogP contribution in [0.3, 0.4) is 0 Å². The Morgan fingerprint density at radius 3 is 2.25 bits per heavy atom. The Kier molecular flexibility index (Phi) is 3.31. The average Bonchev–Trinajstić information content (AvgIpc) is 2.43. The predicted molar refractivity (Wildman–Crippen MR) is 77.8 cm³/mol. The first-order valence-electron chi connectivity index (χ1n) is 5.76. The van der Waals surface area contributed by atoms with Crippen LogP contribution < -0.4 is 0 Å². The minimum absolute atomic E-state index is 0.0725. The number of hydrogen-bond acceptors (Lipinski definition) is 3. The van der Waals surface area contributed by atoms with Gasteiger partial charge in [-0.15, -0.1) is 0 Å². The predicted octanol–water partition coefficient (Wildman–Crippen LogP) is 4.54. The molecule has 1 aliphatic rings. The lowest BCUT2D eigenvalue weighted by molar-refractivity contribution is -0.130. The van der Waals surface area contributed by atoms with Crippen LogP contribution in [0.1, 0.15) is 5.56 Å². The van der Waals surface area contributed by atoms with Crippen LogP contribution in [0.4, 0.5) is 4.39 Å². The summed E-state index contributed by atoms with van der Waals surface area (Å²) in [5.41, 5.74) is 0.665. The number of carboxylic acids is 1. The molecule has 0 saturated carbocycles. The van der Waals surface area contributed by atoms with Gasteiger partial charge in [0.05, 0.1) is 5.57 Å². The van der Waals surface area contributed by atoms with Gasteiger partial charge in [0.25, 0.3) is 0 Å². The zero-order valence-corrected chi connectivity index (χ0v) is 11.9. The molecule has 5 heteroatoms. The molecule has 0 aromatic heterocycles. The van der Waals surface area contributed by atoms with Gasteiger partial charge >= 0.3 is 5.97 Å². The monoisotopic (exact) mass is 304 g/mol. The molecule has 2 nitrogen and oxygen atoms in total. The molecule has 0 amide bonds. The summed E-state index contributed by atoms with van der Waals surface area (Å²) in [4.78, 5) is 14.8. The van der Waals surface area contributed by atoms with Gasteiger partial charge in [0.1, 0.15) is 5.82 Å². The van der Waals surface area contributed by atoms with Crippen LogP contribution in [0.25, 0.3) is 5.57 Å². The molecule has 2 aromatic rings. The Morgan fingerprint density at radius 1 is 1.00 bits per heavy atom. The van der Waals surface area contributed by atoms with Crippen LogP contribution in [0, 0.1) is 5.82 Å². The van der Waals surface area contributed by atoms with E-state index >= 15 is 0 Å². The van der Waals surface area contributed by atoms with Crippen LogP contribution in [-0.2, 0) is 4.79 Å². The fraction of sp³-hybridized carbons (Fsp3) is 0. The third-order valence-electron chi connectivity index (χ3n) is 2.90. The number of aliphatic carboxylic acids is 1. The molecule has 0 spiro atoms. The van der Waals surface area contributed by atoms with E-state index in [9.17, 15) is 9.18 Å². The van der Waals surface area contributed by atoms with Crippen molar-refractivity contribution in [2.45, 2.75) is 19.6 Å². The van der Waals surface area contributed by atoms with Gasteiger partial charge in [-0.05, 0) is 35.9 Å². The summed E-state index contributed by atoms with van der Waals surface area (Å²) in [5, 5.41) is 8.97. The summed E-state index contributed by atoms with van der Waals surface area (Å²) < 4.78 is 13.2. The van der Waals surface area contributed by atoms with Gasteiger partial charge in [-0.3, -0.25) is 0 Å². The van der Waals surface area contributed by atoms with E-state index in [2.05, 4.69) is 6.58 Å². The summed E-state index contributed by atoms with van der Waals surface area (Å²) in [6, 6.07) is 10.1. The first-order valence-corrected chi connectivity index (χ1v) is 7.40. The third-order valence-corrected chi connectivity index (χ3v) is 5.42. The fourth-order valence-corrected chi connectivity index (χ4v) is 4.13. The molecule has 0 radical (unpaired) electrons. The largest absolute Gasteiger partial charge is 0.478 e. The highest BCUT2D eigenvalue weighted by Crippen LogP contribution is 2.49. The molecular formula is C15H9FO2S2. The average molecular weight is 304 g/mol. The van der Waals surface area contributed by atoms with Crippen molar-refractivity contribution in [1.82, 2.24) is 0 Å². The van der Waals surface area contributed by atoms with E-state index in [-0.39, 0.29) is 11.4 Å². The first-order chi connectivity index (χ1) is 9.54. The maximum Gasteiger partial charge on any atom is 0.335 e. The normalized spacial score (nSPS) is 12.4. The van der Waals surface area contributed by atoms with Gasteiger partial charge in [0.2, 0.25) is 0 Å². The Bertz CT molecular complexity index is 741. The fourth-order valence-electron chi connectivity index (χ4n) is 1.87. The number of carbonyl (C=O) groups is 1. The van der Waals surface area contributed by atoms with Crippen LogP contribution in [-0.4, -0.2) is 11.1 Å². The highest BCUT2D eigenvalue weighted by molar-refractivity contribution is 8.05. The van der Waals surface area contributed by atoms with E-state index in [0.29, 0.717) is 5.56 Å². The van der Waals surface area contributed by atoms with Crippen molar-refractivity contribution < 1.29 is 14.3 Å². The number of halogens is 1. The van der Waals surface area contributed by atoms with Crippen molar-refractivity contribution in [3.05, 3.63) is 54.4 Å². The molecule has 1 heterocycles. The smallest absolute Gasteiger partial charge is 0.335 e. The maximum atomic E-state index is 13.2. The van der Waals surface area contributed by atoms with Crippen LogP contribution in [0.5, 0.6) is 0 Å². The second kappa shape index (κ2) is 5.00. The zero-order chi connectivity index (χ0) is 14.3. The van der Waals surface area contributed by atoms with E-state index in [1.807, 2.05) is 12.1 Å². The third kappa shape index (κ3) is 2.34. The van der Waals surface area contributed by atoms with Crippen LogP contribution >= 0.6 is 23.5 Å². The number of fused-ring (bicyclic) bond motifs is 2. The van der Waals surface area contributed by atoms with E-state index < -0.39 is 5.97 Å². The van der Waals surface area contributed by atoms with Gasteiger partial charge in [-0.2, -0.15) is 0 Å². The summed E-state index contributed by atoms with van der Waals surface area (Å²) in [5.74, 6) is -1.28. The summed E-state index contributed by atoms with van der Waals surface area (Å²) >= 11 is 3.00. The lowest BCUT2D eigenvalue weighted by Crippen LogP contribution is -1.99. The SMILES string of the molecule is C=C(C(=O)O)c1ccc2c(c1)Sc1ccc(F)cc1S2. The summed E-state index contributed by atoms with van der Waals surface area (Å²) in [7, 11) is 0. The molecule has 0 unspecified atom stereocenters. The van der Waals surface area contributed by atoms with Crippen molar-refractivity contribution in [1.29, 1.82) is 0 Å². The van der Waals surface area contributed by atoms with E-state index in [0.717, 1.165) is 19.6 Å². The molecular weight excluding hydrogens is 295 g/mol. The van der Waals surface area contributed by atoms with Crippen molar-refractivity contribution in [2.24, 2.45) is 0 Å². The molecule has 20 heavy (non-hydrogen) atoms. The van der Waals surface area contributed by atoms with E-state index in [1.165, 1.54) is 35.7 Å². The topological polar surface area (TPSA) is 37.3 Å². The highest BCUT2D eigenvalue weighted by atomic mass is 32.2. The maximum absolute atomic E-state index is 13.2. The Balaban J connectivity index is 2.00. The van der Waals surface area contributed by atoms with Gasteiger partial charge in [0.15, 0.2) is 0 Å². The number of hydrogen-bond donors (Lipinski definition) is 1. The molecule has 1 N–H and O–H groups in total. The molecule has 0 aliphatic carbocycles. The van der Waals surface area contributed by atoms with Crippen molar-refractivity contribution in [3.63, 3.8) is 0 Å². The van der Waals surface area contributed by atoms with Crippen molar-refractivity contribution in [3.8, 4) is 0 Å². The van der Waals surface area contributed by atoms with Gasteiger partial charge in [-0.1, -0.05) is 36.2 Å². The van der Waals surface area contributed by atoms with Crippen LogP contribution in [0.15, 0.2) is 62.6 Å². The van der Waals surface area contributed by atoms with Crippen molar-refractivity contribution >= 4 is 35.1 Å². The molecule has 100 valence electrons. The second-order valence-corrected chi connectivity index (χ2v) is 6.41. The molecule has 0 fully saturated rings. The number of rotatable bonds is 2. The standard InChI is InChI=1S/C15H9FO2S2/c1-8(15(17)18)9-2-4-11-13(6-9)19-12-5-3-10(16)7-14(12)20-11/h2-7H,1H2,(H,17,18).